The van der Waals surface area contributed by atoms with Gasteiger partial charge in [-0.3, -0.25) is 0 Å². The first-order valence-corrected chi connectivity index (χ1v) is 9.63. The van der Waals surface area contributed by atoms with Gasteiger partial charge in [-0.2, -0.15) is 0 Å². The van der Waals surface area contributed by atoms with Crippen LogP contribution in [-0.4, -0.2) is 13.0 Å². The molecule has 1 N–H and O–H groups in total. The molecule has 0 unspecified atom stereocenters. The molecule has 0 amide bonds. The number of sulfonamides is 1. The number of aryl methyl sites for hydroxylation is 1. The van der Waals surface area contributed by atoms with Crippen molar-refractivity contribution in [3.63, 3.8) is 0 Å². The van der Waals surface area contributed by atoms with Gasteiger partial charge in [0.15, 0.2) is 0 Å². The molecular formula is C17H18N2O2S2. The Balaban J connectivity index is 1.72. The summed E-state index contributed by atoms with van der Waals surface area (Å²) >= 11 is 1.22. The lowest BCUT2D eigenvalue weighted by molar-refractivity contribution is 0.580. The number of rotatable bonds is 6. The zero-order valence-electron chi connectivity index (χ0n) is 12.8. The summed E-state index contributed by atoms with van der Waals surface area (Å²) in [5.74, 6) is 0. The second-order valence-corrected chi connectivity index (χ2v) is 8.31. The molecule has 0 bridgehead atoms. The minimum atomic E-state index is -3.43. The molecule has 120 valence electrons. The van der Waals surface area contributed by atoms with E-state index >= 15 is 0 Å². The molecule has 0 spiro atoms. The Morgan fingerprint density at radius 2 is 2.00 bits per heavy atom. The number of aromatic nitrogens is 1. The van der Waals surface area contributed by atoms with Crippen molar-refractivity contribution in [2.24, 2.45) is 0 Å². The van der Waals surface area contributed by atoms with Gasteiger partial charge in [-0.15, -0.1) is 11.3 Å². The predicted molar refractivity (Wildman–Crippen MR) is 93.1 cm³/mol. The summed E-state index contributed by atoms with van der Waals surface area (Å²) in [6.07, 6.45) is 1.97. The van der Waals surface area contributed by atoms with Gasteiger partial charge < -0.3 is 4.57 Å². The summed E-state index contributed by atoms with van der Waals surface area (Å²) in [5, 5.41) is 1.76. The lowest BCUT2D eigenvalue weighted by atomic mass is 10.1. The van der Waals surface area contributed by atoms with E-state index in [4.69, 9.17) is 0 Å². The molecule has 4 nitrogen and oxygen atoms in total. The largest absolute Gasteiger partial charge is 0.346 e. The SMILES string of the molecule is Cc1cccc(Cn2cccc2CNS(=O)(=O)c2cccs2)c1. The van der Waals surface area contributed by atoms with Crippen LogP contribution < -0.4 is 4.72 Å². The van der Waals surface area contributed by atoms with E-state index in [9.17, 15) is 8.42 Å². The molecule has 0 saturated heterocycles. The minimum absolute atomic E-state index is 0.277. The first-order chi connectivity index (χ1) is 11.0. The van der Waals surface area contributed by atoms with Crippen LogP contribution in [-0.2, 0) is 23.1 Å². The second kappa shape index (κ2) is 6.70. The minimum Gasteiger partial charge on any atom is -0.346 e. The van der Waals surface area contributed by atoms with E-state index in [0.717, 1.165) is 12.2 Å². The van der Waals surface area contributed by atoms with Crippen LogP contribution in [0.15, 0.2) is 64.3 Å². The van der Waals surface area contributed by atoms with Crippen LogP contribution in [0, 0.1) is 6.92 Å². The van der Waals surface area contributed by atoms with Crippen LogP contribution >= 0.6 is 11.3 Å². The highest BCUT2D eigenvalue weighted by molar-refractivity contribution is 7.91. The van der Waals surface area contributed by atoms with Crippen molar-refractivity contribution in [1.29, 1.82) is 0 Å². The third kappa shape index (κ3) is 3.90. The van der Waals surface area contributed by atoms with E-state index in [-0.39, 0.29) is 6.54 Å². The van der Waals surface area contributed by atoms with E-state index in [0.29, 0.717) is 4.21 Å². The third-order valence-corrected chi connectivity index (χ3v) is 6.36. The smallest absolute Gasteiger partial charge is 0.250 e. The summed E-state index contributed by atoms with van der Waals surface area (Å²) in [5.41, 5.74) is 3.35. The fraction of sp³-hybridized carbons (Fsp3) is 0.176. The van der Waals surface area contributed by atoms with Gasteiger partial charge in [0.2, 0.25) is 10.0 Å². The Morgan fingerprint density at radius 3 is 2.74 bits per heavy atom. The predicted octanol–water partition coefficient (Wildman–Crippen LogP) is 3.38. The molecule has 2 aromatic heterocycles. The third-order valence-electron chi connectivity index (χ3n) is 3.56. The fourth-order valence-electron chi connectivity index (χ4n) is 2.43. The van der Waals surface area contributed by atoms with Crippen LogP contribution in [0.1, 0.15) is 16.8 Å². The maximum absolute atomic E-state index is 12.2. The first kappa shape index (κ1) is 16.0. The number of hydrogen-bond donors (Lipinski definition) is 1. The summed E-state index contributed by atoms with van der Waals surface area (Å²) < 4.78 is 29.5. The average Bonchev–Trinajstić information content (AvgIpc) is 3.17. The second-order valence-electron chi connectivity index (χ2n) is 5.37. The Bertz CT molecular complexity index is 881. The number of thiophene rings is 1. The molecule has 0 atom stereocenters. The van der Waals surface area contributed by atoms with Gasteiger partial charge in [0.05, 0.1) is 6.54 Å². The van der Waals surface area contributed by atoms with Crippen molar-refractivity contribution in [2.75, 3.05) is 0 Å². The Kier molecular flexibility index (Phi) is 4.66. The highest BCUT2D eigenvalue weighted by atomic mass is 32.2. The number of benzene rings is 1. The van der Waals surface area contributed by atoms with Crippen LogP contribution in [0.2, 0.25) is 0 Å². The van der Waals surface area contributed by atoms with Gasteiger partial charge in [0, 0.05) is 18.4 Å². The van der Waals surface area contributed by atoms with Gasteiger partial charge in [-0.05, 0) is 36.1 Å². The molecule has 1 aromatic carbocycles. The summed E-state index contributed by atoms with van der Waals surface area (Å²) in [6.45, 7) is 3.07. The van der Waals surface area contributed by atoms with Crippen molar-refractivity contribution in [3.8, 4) is 0 Å². The summed E-state index contributed by atoms with van der Waals surface area (Å²) in [4.78, 5) is 0. The maximum Gasteiger partial charge on any atom is 0.250 e. The molecule has 0 radical (unpaired) electrons. The van der Waals surface area contributed by atoms with Crippen LogP contribution in [0.5, 0.6) is 0 Å². The van der Waals surface area contributed by atoms with E-state index in [1.54, 1.807) is 17.5 Å². The zero-order valence-corrected chi connectivity index (χ0v) is 14.4. The molecule has 2 heterocycles. The van der Waals surface area contributed by atoms with E-state index in [1.165, 1.54) is 22.5 Å². The van der Waals surface area contributed by atoms with Crippen molar-refractivity contribution in [3.05, 3.63) is 76.9 Å². The van der Waals surface area contributed by atoms with Gasteiger partial charge in [-0.1, -0.05) is 35.9 Å². The average molecular weight is 346 g/mol. The van der Waals surface area contributed by atoms with Gasteiger partial charge in [0.25, 0.3) is 0 Å². The highest BCUT2D eigenvalue weighted by Crippen LogP contribution is 2.16. The Labute approximate surface area is 140 Å². The quantitative estimate of drug-likeness (QED) is 0.744. The lowest BCUT2D eigenvalue weighted by Crippen LogP contribution is -2.23. The molecule has 6 heteroatoms. The standard InChI is InChI=1S/C17H18N2O2S2/c1-14-5-2-6-15(11-14)13-19-9-3-7-16(19)12-18-23(20,21)17-8-4-10-22-17/h2-11,18H,12-13H2,1H3. The molecular weight excluding hydrogens is 328 g/mol. The number of nitrogens with zero attached hydrogens (tertiary/aromatic N) is 1. The van der Waals surface area contributed by atoms with E-state index in [2.05, 4.69) is 34.4 Å². The van der Waals surface area contributed by atoms with Crippen LogP contribution in [0.3, 0.4) is 0 Å². The summed E-state index contributed by atoms with van der Waals surface area (Å²) in [7, 11) is -3.43. The lowest BCUT2D eigenvalue weighted by Gasteiger charge is -2.11. The molecule has 0 aliphatic heterocycles. The molecule has 0 aliphatic carbocycles. The zero-order chi connectivity index (χ0) is 16.3. The van der Waals surface area contributed by atoms with Crippen molar-refractivity contribution in [2.45, 2.75) is 24.2 Å². The summed E-state index contributed by atoms with van der Waals surface area (Å²) in [6, 6.07) is 15.5. The van der Waals surface area contributed by atoms with Gasteiger partial charge in [0.1, 0.15) is 4.21 Å². The molecule has 0 saturated carbocycles. The normalized spacial score (nSPS) is 11.7. The molecule has 23 heavy (non-hydrogen) atoms. The fourth-order valence-corrected chi connectivity index (χ4v) is 4.46. The van der Waals surface area contributed by atoms with Gasteiger partial charge >= 0.3 is 0 Å². The monoisotopic (exact) mass is 346 g/mol. The number of nitrogens with one attached hydrogen (secondary N) is 1. The van der Waals surface area contributed by atoms with Gasteiger partial charge in [-0.25, -0.2) is 13.1 Å². The molecule has 0 fully saturated rings. The topological polar surface area (TPSA) is 51.1 Å². The molecule has 3 rings (SSSR count). The first-order valence-electron chi connectivity index (χ1n) is 7.27. The molecule has 0 aliphatic rings. The van der Waals surface area contributed by atoms with Crippen molar-refractivity contribution < 1.29 is 8.42 Å². The van der Waals surface area contributed by atoms with Crippen LogP contribution in [0.4, 0.5) is 0 Å². The Morgan fingerprint density at radius 1 is 1.13 bits per heavy atom. The van der Waals surface area contributed by atoms with Crippen molar-refractivity contribution in [1.82, 2.24) is 9.29 Å². The molecule has 3 aromatic rings. The Hall–Kier alpha value is -1.89. The highest BCUT2D eigenvalue weighted by Gasteiger charge is 2.15. The van der Waals surface area contributed by atoms with E-state index < -0.39 is 10.0 Å². The van der Waals surface area contributed by atoms with Crippen LogP contribution in [0.25, 0.3) is 0 Å². The van der Waals surface area contributed by atoms with Crippen molar-refractivity contribution >= 4 is 21.4 Å². The number of hydrogen-bond acceptors (Lipinski definition) is 3. The maximum atomic E-state index is 12.2. The van der Waals surface area contributed by atoms with E-state index in [1.807, 2.05) is 24.4 Å².